The van der Waals surface area contributed by atoms with E-state index < -0.39 is 0 Å². The van der Waals surface area contributed by atoms with E-state index in [1.54, 1.807) is 12.4 Å². The molecule has 1 amide bonds. The van der Waals surface area contributed by atoms with Crippen LogP contribution in [-0.4, -0.2) is 52.8 Å². The van der Waals surface area contributed by atoms with Gasteiger partial charge >= 0.3 is 0 Å². The molecule has 0 aromatic carbocycles. The van der Waals surface area contributed by atoms with Crippen LogP contribution in [0.3, 0.4) is 0 Å². The Morgan fingerprint density at radius 3 is 3.00 bits per heavy atom. The van der Waals surface area contributed by atoms with E-state index in [2.05, 4.69) is 34.3 Å². The highest BCUT2D eigenvalue weighted by Gasteiger charge is 2.36. The van der Waals surface area contributed by atoms with Gasteiger partial charge in [0, 0.05) is 13.1 Å². The van der Waals surface area contributed by atoms with E-state index in [9.17, 15) is 4.79 Å². The Labute approximate surface area is 125 Å². The van der Waals surface area contributed by atoms with Gasteiger partial charge in [0.25, 0.3) is 0 Å². The van der Waals surface area contributed by atoms with Crippen molar-refractivity contribution in [3.8, 4) is 5.75 Å². The second-order valence-corrected chi connectivity index (χ2v) is 7.00. The maximum Gasteiger partial charge on any atom is 0.234 e. The predicted octanol–water partition coefficient (Wildman–Crippen LogP) is 1.17. The fourth-order valence-corrected chi connectivity index (χ4v) is 3.44. The van der Waals surface area contributed by atoms with Crippen LogP contribution in [0, 0.1) is 5.41 Å². The number of likely N-dealkylation sites (tertiary alicyclic amines) is 1. The summed E-state index contributed by atoms with van der Waals surface area (Å²) < 4.78 is 5.89. The van der Waals surface area contributed by atoms with E-state index >= 15 is 0 Å². The first-order valence-electron chi connectivity index (χ1n) is 7.69. The molecule has 2 N–H and O–H groups in total. The Morgan fingerprint density at radius 2 is 2.33 bits per heavy atom. The van der Waals surface area contributed by atoms with Crippen molar-refractivity contribution < 1.29 is 9.53 Å². The number of ether oxygens (including phenoxy) is 1. The number of H-pyrrole nitrogens is 1. The van der Waals surface area contributed by atoms with Crippen LogP contribution in [0.1, 0.15) is 33.1 Å². The molecule has 0 bridgehead atoms. The molecule has 1 aromatic heterocycles. The molecule has 1 saturated carbocycles. The summed E-state index contributed by atoms with van der Waals surface area (Å²) in [5.74, 6) is 0.851. The minimum atomic E-state index is 0.0550. The number of aromatic amines is 1. The van der Waals surface area contributed by atoms with Crippen LogP contribution in [0.2, 0.25) is 0 Å². The summed E-state index contributed by atoms with van der Waals surface area (Å²) >= 11 is 0. The van der Waals surface area contributed by atoms with Crippen molar-refractivity contribution in [1.82, 2.24) is 20.4 Å². The zero-order valence-electron chi connectivity index (χ0n) is 12.8. The summed E-state index contributed by atoms with van der Waals surface area (Å²) in [5, 5.41) is 9.75. The molecule has 1 aliphatic heterocycles. The van der Waals surface area contributed by atoms with E-state index in [1.807, 2.05) is 0 Å². The molecule has 1 saturated heterocycles. The van der Waals surface area contributed by atoms with Crippen molar-refractivity contribution in [2.75, 3.05) is 19.6 Å². The van der Waals surface area contributed by atoms with Gasteiger partial charge < -0.3 is 10.1 Å². The van der Waals surface area contributed by atoms with Crippen LogP contribution >= 0.6 is 0 Å². The molecule has 6 heteroatoms. The zero-order valence-corrected chi connectivity index (χ0v) is 12.8. The van der Waals surface area contributed by atoms with E-state index in [0.717, 1.165) is 38.1 Å². The largest absolute Gasteiger partial charge is 0.485 e. The molecule has 2 fully saturated rings. The molecule has 0 spiro atoms. The lowest BCUT2D eigenvalue weighted by molar-refractivity contribution is -0.126. The first-order valence-corrected chi connectivity index (χ1v) is 7.69. The molecule has 21 heavy (non-hydrogen) atoms. The maximum absolute atomic E-state index is 12.1. The van der Waals surface area contributed by atoms with Gasteiger partial charge in [0.05, 0.1) is 25.0 Å². The molecular weight excluding hydrogens is 268 g/mol. The van der Waals surface area contributed by atoms with Gasteiger partial charge in [-0.3, -0.25) is 14.8 Å². The average molecular weight is 292 g/mol. The molecule has 1 aliphatic carbocycles. The highest BCUT2D eigenvalue weighted by molar-refractivity contribution is 5.78. The molecule has 0 radical (unpaired) electrons. The summed E-state index contributed by atoms with van der Waals surface area (Å²) in [6.07, 6.45) is 6.51. The summed E-state index contributed by atoms with van der Waals surface area (Å²) in [6.45, 7) is 6.96. The number of nitrogens with zero attached hydrogens (tertiary/aromatic N) is 2. The lowest BCUT2D eigenvalue weighted by Gasteiger charge is -2.45. The van der Waals surface area contributed by atoms with Gasteiger partial charge in [-0.25, -0.2) is 0 Å². The molecule has 116 valence electrons. The van der Waals surface area contributed by atoms with Gasteiger partial charge in [0.1, 0.15) is 6.10 Å². The number of hydrogen-bond donors (Lipinski definition) is 2. The Hall–Kier alpha value is -1.56. The number of carbonyl (C=O) groups excluding carboxylic acids is 1. The minimum absolute atomic E-state index is 0.0550. The van der Waals surface area contributed by atoms with Gasteiger partial charge in [-0.15, -0.1) is 0 Å². The van der Waals surface area contributed by atoms with E-state index in [0.29, 0.717) is 12.0 Å². The zero-order chi connectivity index (χ0) is 14.9. The fourth-order valence-electron chi connectivity index (χ4n) is 3.44. The lowest BCUT2D eigenvalue weighted by Crippen LogP contribution is -2.56. The summed E-state index contributed by atoms with van der Waals surface area (Å²) in [6, 6.07) is 0.113. The molecule has 0 unspecified atom stereocenters. The van der Waals surface area contributed by atoms with Gasteiger partial charge in [-0.2, -0.15) is 5.10 Å². The second-order valence-electron chi connectivity index (χ2n) is 7.00. The third-order valence-electron chi connectivity index (χ3n) is 4.23. The summed E-state index contributed by atoms with van der Waals surface area (Å²) in [7, 11) is 0. The maximum atomic E-state index is 12.1. The van der Waals surface area contributed by atoms with Crippen LogP contribution in [0.15, 0.2) is 12.4 Å². The van der Waals surface area contributed by atoms with E-state index in [-0.39, 0.29) is 18.1 Å². The smallest absolute Gasteiger partial charge is 0.234 e. The number of hydrogen-bond acceptors (Lipinski definition) is 4. The number of nitrogens with one attached hydrogen (secondary N) is 2. The third kappa shape index (κ3) is 3.56. The molecule has 3 rings (SSSR count). The molecule has 2 atom stereocenters. The monoisotopic (exact) mass is 292 g/mol. The van der Waals surface area contributed by atoms with Crippen molar-refractivity contribution in [3.05, 3.63) is 12.4 Å². The molecule has 2 heterocycles. The highest BCUT2D eigenvalue weighted by atomic mass is 16.5. The summed E-state index contributed by atoms with van der Waals surface area (Å²) in [5.41, 5.74) is 0.362. The average Bonchev–Trinajstić information content (AvgIpc) is 3.00. The van der Waals surface area contributed by atoms with E-state index in [4.69, 9.17) is 4.74 Å². The summed E-state index contributed by atoms with van der Waals surface area (Å²) in [4.78, 5) is 14.3. The molecule has 1 aromatic rings. The highest BCUT2D eigenvalue weighted by Crippen LogP contribution is 2.28. The SMILES string of the molecule is CC1(C)CN(CC(=O)N[C@H]2CCC[C@H]2Oc2cn[nH]c2)C1. The van der Waals surface area contributed by atoms with Crippen molar-refractivity contribution in [3.63, 3.8) is 0 Å². The molecular formula is C15H24N4O2. The molecule has 6 nitrogen and oxygen atoms in total. The topological polar surface area (TPSA) is 70.2 Å². The number of aromatic nitrogens is 2. The predicted molar refractivity (Wildman–Crippen MR) is 79.0 cm³/mol. The van der Waals surface area contributed by atoms with Crippen LogP contribution in [0.4, 0.5) is 0 Å². The lowest BCUT2D eigenvalue weighted by atomic mass is 9.84. The minimum Gasteiger partial charge on any atom is -0.485 e. The van der Waals surface area contributed by atoms with E-state index in [1.165, 1.54) is 0 Å². The molecule has 2 aliphatic rings. The normalized spacial score (nSPS) is 28.1. The third-order valence-corrected chi connectivity index (χ3v) is 4.23. The fraction of sp³-hybridized carbons (Fsp3) is 0.733. The van der Waals surface area contributed by atoms with Crippen LogP contribution in [0.25, 0.3) is 0 Å². The number of carbonyl (C=O) groups is 1. The van der Waals surface area contributed by atoms with Gasteiger partial charge in [-0.1, -0.05) is 13.8 Å². The Balaban J connectivity index is 1.46. The van der Waals surface area contributed by atoms with Gasteiger partial charge in [0.15, 0.2) is 5.75 Å². The van der Waals surface area contributed by atoms with Crippen molar-refractivity contribution >= 4 is 5.91 Å². The van der Waals surface area contributed by atoms with Crippen molar-refractivity contribution in [1.29, 1.82) is 0 Å². The Bertz CT molecular complexity index is 478. The van der Waals surface area contributed by atoms with Crippen LogP contribution in [-0.2, 0) is 4.79 Å². The quantitative estimate of drug-likeness (QED) is 0.854. The number of amides is 1. The Kier molecular flexibility index (Phi) is 3.89. The second kappa shape index (κ2) is 5.67. The van der Waals surface area contributed by atoms with Gasteiger partial charge in [0.2, 0.25) is 5.91 Å². The Morgan fingerprint density at radius 1 is 1.52 bits per heavy atom. The van der Waals surface area contributed by atoms with Crippen LogP contribution < -0.4 is 10.1 Å². The van der Waals surface area contributed by atoms with Crippen LogP contribution in [0.5, 0.6) is 5.75 Å². The van der Waals surface area contributed by atoms with Gasteiger partial charge in [-0.05, 0) is 24.7 Å². The van der Waals surface area contributed by atoms with Crippen molar-refractivity contribution in [2.24, 2.45) is 5.41 Å². The first-order chi connectivity index (χ1) is 10.0. The van der Waals surface area contributed by atoms with Crippen molar-refractivity contribution in [2.45, 2.75) is 45.3 Å². The first kappa shape index (κ1) is 14.4. The number of rotatable bonds is 5. The standard InChI is InChI=1S/C15H24N4O2/c1-15(2)9-19(10-15)8-14(20)18-12-4-3-5-13(12)21-11-6-16-17-7-11/h6-7,12-13H,3-5,8-10H2,1-2H3,(H,16,17)(H,18,20)/t12-,13+/m0/s1.